The zero-order valence-electron chi connectivity index (χ0n) is 28.8. The highest BCUT2D eigenvalue weighted by molar-refractivity contribution is 5.90. The largest absolute Gasteiger partial charge is 0.0648 e. The molecule has 0 amide bonds. The van der Waals surface area contributed by atoms with Crippen LogP contribution in [0.3, 0.4) is 0 Å². The van der Waals surface area contributed by atoms with Crippen LogP contribution in [0.2, 0.25) is 0 Å². The van der Waals surface area contributed by atoms with Gasteiger partial charge in [0.15, 0.2) is 0 Å². The van der Waals surface area contributed by atoms with E-state index in [1.165, 1.54) is 89.5 Å². The first-order valence-electron chi connectivity index (χ1n) is 17.0. The van der Waals surface area contributed by atoms with E-state index in [1.54, 1.807) is 0 Å². The molecular formula is C46H46. The fourth-order valence-electron chi connectivity index (χ4n) is 8.61. The lowest BCUT2D eigenvalue weighted by Gasteiger charge is -2.27. The molecule has 6 aromatic rings. The third-order valence-corrected chi connectivity index (χ3v) is 11.2. The summed E-state index contributed by atoms with van der Waals surface area (Å²) >= 11 is 0. The number of rotatable bonds is 3. The summed E-state index contributed by atoms with van der Waals surface area (Å²) in [5, 5.41) is 2.69. The highest BCUT2D eigenvalue weighted by Crippen LogP contribution is 2.54. The molecule has 0 aliphatic heterocycles. The molecule has 230 valence electrons. The third-order valence-electron chi connectivity index (χ3n) is 11.2. The molecule has 0 N–H and O–H groups in total. The summed E-state index contributed by atoms with van der Waals surface area (Å²) < 4.78 is 0. The van der Waals surface area contributed by atoms with E-state index >= 15 is 0 Å². The summed E-state index contributed by atoms with van der Waals surface area (Å²) in [5.41, 5.74) is 18.5. The van der Waals surface area contributed by atoms with Gasteiger partial charge in [-0.25, -0.2) is 0 Å². The van der Waals surface area contributed by atoms with Gasteiger partial charge >= 0.3 is 0 Å². The zero-order chi connectivity index (χ0) is 32.4. The van der Waals surface area contributed by atoms with Crippen LogP contribution in [-0.2, 0) is 10.8 Å². The van der Waals surface area contributed by atoms with Crippen molar-refractivity contribution in [2.75, 3.05) is 0 Å². The molecule has 46 heavy (non-hydrogen) atoms. The Bertz CT molecular complexity index is 2010. The molecule has 0 heterocycles. The van der Waals surface area contributed by atoms with E-state index < -0.39 is 0 Å². The maximum atomic E-state index is 2.38. The molecule has 0 fully saturated rings. The first kappa shape index (κ1) is 30.2. The van der Waals surface area contributed by atoms with Gasteiger partial charge in [-0.2, -0.15) is 0 Å². The van der Waals surface area contributed by atoms with Crippen molar-refractivity contribution in [2.45, 2.75) is 78.6 Å². The molecule has 6 aromatic carbocycles. The number of benzene rings is 6. The number of hydrogen-bond donors (Lipinski definition) is 0. The van der Waals surface area contributed by atoms with Gasteiger partial charge in [0.1, 0.15) is 0 Å². The smallest absolute Gasteiger partial charge is 0.0161 e. The van der Waals surface area contributed by atoms with Crippen LogP contribution in [0, 0.1) is 13.8 Å². The summed E-state index contributed by atoms with van der Waals surface area (Å²) in [5.74, 6) is 0.666. The maximum absolute atomic E-state index is 2.38. The van der Waals surface area contributed by atoms with E-state index in [9.17, 15) is 0 Å². The first-order valence-corrected chi connectivity index (χ1v) is 17.0. The van der Waals surface area contributed by atoms with Gasteiger partial charge in [0, 0.05) is 10.8 Å². The van der Waals surface area contributed by atoms with Gasteiger partial charge in [0.25, 0.3) is 0 Å². The lowest BCUT2D eigenvalue weighted by Crippen LogP contribution is -2.18. The highest BCUT2D eigenvalue weighted by Gasteiger charge is 2.39. The molecule has 0 heteroatoms. The van der Waals surface area contributed by atoms with E-state index in [0.717, 1.165) is 0 Å². The van der Waals surface area contributed by atoms with Crippen molar-refractivity contribution in [1.82, 2.24) is 0 Å². The Kier molecular flexibility index (Phi) is 7.32. The van der Waals surface area contributed by atoms with E-state index in [4.69, 9.17) is 0 Å². The number of fused-ring (bicyclic) bond motifs is 7. The van der Waals surface area contributed by atoms with Crippen molar-refractivity contribution in [2.24, 2.45) is 0 Å². The normalized spacial score (nSPS) is 15.3. The third kappa shape index (κ3) is 4.57. The predicted molar refractivity (Wildman–Crippen MR) is 199 cm³/mol. The van der Waals surface area contributed by atoms with Crippen molar-refractivity contribution in [3.05, 3.63) is 154 Å². The minimum atomic E-state index is 0.0200. The molecule has 0 aromatic heterocycles. The fourth-order valence-corrected chi connectivity index (χ4v) is 8.61. The maximum Gasteiger partial charge on any atom is 0.0161 e. The van der Waals surface area contributed by atoms with Crippen molar-refractivity contribution < 1.29 is 0 Å². The monoisotopic (exact) mass is 598 g/mol. The second-order valence-electron chi connectivity index (χ2n) is 14.6. The van der Waals surface area contributed by atoms with Gasteiger partial charge in [-0.3, -0.25) is 0 Å². The van der Waals surface area contributed by atoms with E-state index in [-0.39, 0.29) is 10.8 Å². The van der Waals surface area contributed by atoms with Crippen LogP contribution in [-0.4, -0.2) is 0 Å². The predicted octanol–water partition coefficient (Wildman–Crippen LogP) is 12.9. The first-order chi connectivity index (χ1) is 22.1. The van der Waals surface area contributed by atoms with E-state index in [2.05, 4.69) is 171 Å². The van der Waals surface area contributed by atoms with Crippen molar-refractivity contribution in [3.63, 3.8) is 0 Å². The van der Waals surface area contributed by atoms with Crippen LogP contribution in [0.5, 0.6) is 0 Å². The van der Waals surface area contributed by atoms with Gasteiger partial charge in [-0.15, -0.1) is 0 Å². The summed E-state index contributed by atoms with van der Waals surface area (Å²) in [6.45, 7) is 18.7. The van der Waals surface area contributed by atoms with Crippen LogP contribution in [0.25, 0.3) is 44.2 Å². The molecule has 0 radical (unpaired) electrons. The van der Waals surface area contributed by atoms with Crippen molar-refractivity contribution >= 4 is 10.8 Å². The minimum Gasteiger partial charge on any atom is -0.0648 e. The van der Waals surface area contributed by atoms with Crippen LogP contribution in [0.1, 0.15) is 92.8 Å². The Morgan fingerprint density at radius 2 is 0.913 bits per heavy atom. The molecule has 0 saturated carbocycles. The van der Waals surface area contributed by atoms with Crippen LogP contribution in [0.15, 0.2) is 115 Å². The lowest BCUT2D eigenvalue weighted by atomic mass is 9.76. The van der Waals surface area contributed by atoms with E-state index in [1.807, 2.05) is 0 Å². The molecular weight excluding hydrogens is 553 g/mol. The second-order valence-corrected chi connectivity index (χ2v) is 14.6. The average Bonchev–Trinajstić information content (AvgIpc) is 3.45. The Labute approximate surface area is 276 Å². The van der Waals surface area contributed by atoms with Gasteiger partial charge in [0.05, 0.1) is 0 Å². The Balaban J connectivity index is 0.000000202. The van der Waals surface area contributed by atoms with Crippen LogP contribution < -0.4 is 0 Å². The van der Waals surface area contributed by atoms with Gasteiger partial charge < -0.3 is 0 Å². The van der Waals surface area contributed by atoms with Crippen LogP contribution in [0.4, 0.5) is 0 Å². The van der Waals surface area contributed by atoms with Gasteiger partial charge in [0.2, 0.25) is 0 Å². The summed E-state index contributed by atoms with van der Waals surface area (Å²) in [6.07, 6.45) is 1.21. The molecule has 1 atom stereocenters. The molecule has 1 unspecified atom stereocenters. The zero-order valence-corrected chi connectivity index (χ0v) is 28.8. The van der Waals surface area contributed by atoms with Gasteiger partial charge in [-0.1, -0.05) is 157 Å². The summed E-state index contributed by atoms with van der Waals surface area (Å²) in [7, 11) is 0. The molecule has 8 rings (SSSR count). The van der Waals surface area contributed by atoms with E-state index in [0.29, 0.717) is 5.92 Å². The Morgan fingerprint density at radius 3 is 1.41 bits per heavy atom. The molecule has 0 spiro atoms. The highest BCUT2D eigenvalue weighted by atomic mass is 14.4. The topological polar surface area (TPSA) is 0 Å². The minimum absolute atomic E-state index is 0.0200. The molecule has 0 bridgehead atoms. The van der Waals surface area contributed by atoms with Crippen molar-refractivity contribution in [1.29, 1.82) is 0 Å². The average molecular weight is 599 g/mol. The molecule has 0 saturated heterocycles. The quantitative estimate of drug-likeness (QED) is 0.190. The molecule has 0 nitrogen and oxygen atoms in total. The standard InChI is InChI=1S/C32H30.C14H16/c1-19-21(15-17-25-23-11-7-9-13-27(23)31(3,4)29(19)25)22-16-18-26-24-12-8-10-14-28(24)32(5,6)30(26)20(22)2;1-3-11(2)13-9-8-12-6-4-5-7-14(12)10-13/h7-18H,1-6H3;4-11H,3H2,1-2H3. The lowest BCUT2D eigenvalue weighted by molar-refractivity contribution is 0.654. The fraction of sp³-hybridized carbons (Fsp3) is 0.261. The molecule has 2 aliphatic carbocycles. The number of hydrogen-bond acceptors (Lipinski definition) is 0. The summed E-state index contributed by atoms with van der Waals surface area (Å²) in [4.78, 5) is 0. The van der Waals surface area contributed by atoms with Gasteiger partial charge in [-0.05, 0) is 109 Å². The van der Waals surface area contributed by atoms with Crippen LogP contribution >= 0.6 is 0 Å². The van der Waals surface area contributed by atoms with Crippen molar-refractivity contribution in [3.8, 4) is 33.4 Å². The Morgan fingerprint density at radius 1 is 0.478 bits per heavy atom. The second kappa shape index (κ2) is 11.1. The SMILES string of the molecule is CCC(C)c1ccc2ccccc2c1.Cc1c(-c2ccc3c(c2C)C(C)(C)c2ccccc2-3)ccc2c1C(C)(C)c1ccccc1-2. The Hall–Kier alpha value is -4.42. The summed E-state index contributed by atoms with van der Waals surface area (Å²) in [6, 6.07) is 42.6. The molecule has 2 aliphatic rings.